The van der Waals surface area contributed by atoms with E-state index in [1.807, 2.05) is 6.07 Å². The van der Waals surface area contributed by atoms with Crippen LogP contribution in [0, 0.1) is 5.82 Å². The first-order chi connectivity index (χ1) is 9.75. The van der Waals surface area contributed by atoms with E-state index in [1.165, 1.54) is 17.8 Å². The summed E-state index contributed by atoms with van der Waals surface area (Å²) < 4.78 is 19.2. The molecule has 116 valence electrons. The maximum Gasteiger partial charge on any atom is 0.250 e. The third-order valence-corrected chi connectivity index (χ3v) is 4.72. The predicted octanol–water partition coefficient (Wildman–Crippen LogP) is 1.89. The maximum absolute atomic E-state index is 13.8. The summed E-state index contributed by atoms with van der Waals surface area (Å²) in [5.74, 6) is 0.481. The molecule has 0 aliphatic carbocycles. The lowest BCUT2D eigenvalue weighted by Crippen LogP contribution is -2.48. The fourth-order valence-electron chi connectivity index (χ4n) is 2.53. The molecule has 2 heterocycles. The minimum absolute atomic E-state index is 0. The Kier molecular flexibility index (Phi) is 5.87. The topological polar surface area (TPSA) is 50.4 Å². The maximum atomic E-state index is 13.8. The molecular formula is C14H18ClFN2O2S. The van der Waals surface area contributed by atoms with Crippen molar-refractivity contribution in [1.82, 2.24) is 10.6 Å². The summed E-state index contributed by atoms with van der Waals surface area (Å²) in [6.07, 6.45) is 0.364. The molecule has 4 nitrogen and oxygen atoms in total. The predicted molar refractivity (Wildman–Crippen MR) is 82.5 cm³/mol. The van der Waals surface area contributed by atoms with Crippen LogP contribution in [0.2, 0.25) is 0 Å². The van der Waals surface area contributed by atoms with Gasteiger partial charge in [0.15, 0.2) is 0 Å². The number of carbonyl (C=O) groups is 1. The number of carbonyl (C=O) groups excluding carboxylic acids is 1. The van der Waals surface area contributed by atoms with Gasteiger partial charge in [-0.2, -0.15) is 0 Å². The molecule has 2 unspecified atom stereocenters. The first kappa shape index (κ1) is 16.5. The van der Waals surface area contributed by atoms with Gasteiger partial charge in [-0.3, -0.25) is 4.79 Å². The SMILES string of the molecule is Cl.O=C(NC1CCSc2c(F)cccc21)C1CNCCO1. The zero-order valence-corrected chi connectivity index (χ0v) is 13.1. The highest BCUT2D eigenvalue weighted by atomic mass is 35.5. The number of hydrogen-bond donors (Lipinski definition) is 2. The van der Waals surface area contributed by atoms with Crippen LogP contribution in [0.1, 0.15) is 18.0 Å². The number of morpholine rings is 1. The van der Waals surface area contributed by atoms with Crippen LogP contribution < -0.4 is 10.6 Å². The van der Waals surface area contributed by atoms with Gasteiger partial charge in [-0.25, -0.2) is 4.39 Å². The largest absolute Gasteiger partial charge is 0.366 e. The average molecular weight is 333 g/mol. The third kappa shape index (κ3) is 3.69. The molecule has 2 aliphatic rings. The van der Waals surface area contributed by atoms with Gasteiger partial charge in [0.25, 0.3) is 5.91 Å². The summed E-state index contributed by atoms with van der Waals surface area (Å²) in [5, 5.41) is 6.12. The minimum Gasteiger partial charge on any atom is -0.366 e. The number of halogens is 2. The quantitative estimate of drug-likeness (QED) is 0.868. The molecule has 0 bridgehead atoms. The highest BCUT2D eigenvalue weighted by Crippen LogP contribution is 2.37. The second-order valence-corrected chi connectivity index (χ2v) is 6.03. The molecule has 2 atom stereocenters. The van der Waals surface area contributed by atoms with E-state index in [9.17, 15) is 9.18 Å². The normalized spacial score (nSPS) is 24.6. The molecule has 1 aromatic carbocycles. The Morgan fingerprint density at radius 3 is 3.10 bits per heavy atom. The fraction of sp³-hybridized carbons (Fsp3) is 0.500. The first-order valence-corrected chi connectivity index (χ1v) is 7.78. The highest BCUT2D eigenvalue weighted by molar-refractivity contribution is 7.99. The monoisotopic (exact) mass is 332 g/mol. The second-order valence-electron chi connectivity index (χ2n) is 4.92. The standard InChI is InChI=1S/C14H17FN2O2S.ClH/c15-10-3-1-2-9-11(4-7-20-13(9)10)17-14(18)12-8-16-5-6-19-12;/h1-3,11-12,16H,4-8H2,(H,17,18);1H. The smallest absolute Gasteiger partial charge is 0.250 e. The third-order valence-electron chi connectivity index (χ3n) is 3.56. The van der Waals surface area contributed by atoms with E-state index >= 15 is 0 Å². The molecular weight excluding hydrogens is 315 g/mol. The Morgan fingerprint density at radius 1 is 1.48 bits per heavy atom. The molecule has 1 fully saturated rings. The van der Waals surface area contributed by atoms with E-state index in [2.05, 4.69) is 10.6 Å². The van der Waals surface area contributed by atoms with Crippen LogP contribution in [0.4, 0.5) is 4.39 Å². The van der Waals surface area contributed by atoms with Gasteiger partial charge in [0.1, 0.15) is 11.9 Å². The lowest BCUT2D eigenvalue weighted by atomic mass is 10.0. The van der Waals surface area contributed by atoms with E-state index in [4.69, 9.17) is 4.74 Å². The number of thioether (sulfide) groups is 1. The van der Waals surface area contributed by atoms with Crippen molar-refractivity contribution in [3.8, 4) is 0 Å². The Bertz CT molecular complexity index is 512. The summed E-state index contributed by atoms with van der Waals surface area (Å²) in [7, 11) is 0. The van der Waals surface area contributed by atoms with Crippen LogP contribution in [-0.2, 0) is 9.53 Å². The van der Waals surface area contributed by atoms with Crippen LogP contribution in [0.5, 0.6) is 0 Å². The summed E-state index contributed by atoms with van der Waals surface area (Å²) >= 11 is 1.51. The summed E-state index contributed by atoms with van der Waals surface area (Å²) in [5.41, 5.74) is 0.873. The molecule has 2 aliphatic heterocycles. The van der Waals surface area contributed by atoms with Gasteiger partial charge in [0.05, 0.1) is 12.6 Å². The Morgan fingerprint density at radius 2 is 2.33 bits per heavy atom. The van der Waals surface area contributed by atoms with Crippen molar-refractivity contribution in [2.45, 2.75) is 23.5 Å². The number of benzene rings is 1. The van der Waals surface area contributed by atoms with E-state index in [-0.39, 0.29) is 30.2 Å². The van der Waals surface area contributed by atoms with E-state index in [0.717, 1.165) is 24.3 Å². The molecule has 0 spiro atoms. The molecule has 1 amide bonds. The van der Waals surface area contributed by atoms with Crippen molar-refractivity contribution in [1.29, 1.82) is 0 Å². The Hall–Kier alpha value is -0.820. The van der Waals surface area contributed by atoms with Crippen LogP contribution in [0.15, 0.2) is 23.1 Å². The molecule has 3 rings (SSSR count). The number of hydrogen-bond acceptors (Lipinski definition) is 4. The number of amides is 1. The van der Waals surface area contributed by atoms with Crippen molar-refractivity contribution in [2.24, 2.45) is 0 Å². The van der Waals surface area contributed by atoms with Gasteiger partial charge in [-0.1, -0.05) is 12.1 Å². The van der Waals surface area contributed by atoms with Crippen molar-refractivity contribution in [3.63, 3.8) is 0 Å². The second kappa shape index (κ2) is 7.45. The summed E-state index contributed by atoms with van der Waals surface area (Å²) in [6.45, 7) is 1.85. The van der Waals surface area contributed by atoms with Crippen molar-refractivity contribution < 1.29 is 13.9 Å². The van der Waals surface area contributed by atoms with Gasteiger partial charge in [0, 0.05) is 23.7 Å². The van der Waals surface area contributed by atoms with Crippen LogP contribution in [0.3, 0.4) is 0 Å². The number of rotatable bonds is 2. The number of fused-ring (bicyclic) bond motifs is 1. The van der Waals surface area contributed by atoms with Crippen molar-refractivity contribution in [2.75, 3.05) is 25.4 Å². The summed E-state index contributed by atoms with van der Waals surface area (Å²) in [6, 6.07) is 4.91. The van der Waals surface area contributed by atoms with Crippen LogP contribution in [0.25, 0.3) is 0 Å². The average Bonchev–Trinajstić information content (AvgIpc) is 2.49. The molecule has 2 N–H and O–H groups in total. The zero-order valence-electron chi connectivity index (χ0n) is 11.4. The van der Waals surface area contributed by atoms with Gasteiger partial charge in [-0.05, 0) is 18.1 Å². The molecule has 1 saturated heterocycles. The van der Waals surface area contributed by atoms with E-state index in [1.54, 1.807) is 6.07 Å². The molecule has 0 saturated carbocycles. The van der Waals surface area contributed by atoms with Crippen molar-refractivity contribution in [3.05, 3.63) is 29.6 Å². The molecule has 7 heteroatoms. The highest BCUT2D eigenvalue weighted by Gasteiger charge is 2.28. The molecule has 1 aromatic rings. The molecule has 0 aromatic heterocycles. The molecule has 21 heavy (non-hydrogen) atoms. The number of nitrogens with one attached hydrogen (secondary N) is 2. The van der Waals surface area contributed by atoms with Crippen molar-refractivity contribution >= 4 is 30.1 Å². The Labute approximate surface area is 133 Å². The van der Waals surface area contributed by atoms with Crippen LogP contribution in [-0.4, -0.2) is 37.5 Å². The molecule has 0 radical (unpaired) electrons. The summed E-state index contributed by atoms with van der Waals surface area (Å²) in [4.78, 5) is 12.8. The van der Waals surface area contributed by atoms with Gasteiger partial charge >= 0.3 is 0 Å². The first-order valence-electron chi connectivity index (χ1n) is 6.79. The van der Waals surface area contributed by atoms with Gasteiger partial charge in [0.2, 0.25) is 0 Å². The lowest BCUT2D eigenvalue weighted by molar-refractivity contribution is -0.135. The number of ether oxygens (including phenoxy) is 1. The minimum atomic E-state index is -0.449. The van der Waals surface area contributed by atoms with Crippen LogP contribution >= 0.6 is 24.2 Å². The fourth-order valence-corrected chi connectivity index (χ4v) is 3.68. The lowest BCUT2D eigenvalue weighted by Gasteiger charge is -2.29. The van der Waals surface area contributed by atoms with E-state index < -0.39 is 6.10 Å². The van der Waals surface area contributed by atoms with E-state index in [0.29, 0.717) is 18.0 Å². The van der Waals surface area contributed by atoms with Gasteiger partial charge < -0.3 is 15.4 Å². The Balaban J connectivity index is 0.00000161. The van der Waals surface area contributed by atoms with Gasteiger partial charge in [-0.15, -0.1) is 24.2 Å². The zero-order chi connectivity index (χ0) is 13.9.